The van der Waals surface area contributed by atoms with Gasteiger partial charge in [0.05, 0.1) is 16.4 Å². The fourth-order valence-electron chi connectivity index (χ4n) is 1.17. The number of benzene rings is 1. The van der Waals surface area contributed by atoms with Gasteiger partial charge >= 0.3 is 0 Å². The number of nitrogens with zero attached hydrogens (tertiary/aromatic N) is 1. The molecule has 0 unspecified atom stereocenters. The van der Waals surface area contributed by atoms with Crippen molar-refractivity contribution in [1.29, 1.82) is 0 Å². The van der Waals surface area contributed by atoms with E-state index in [-0.39, 0.29) is 0 Å². The van der Waals surface area contributed by atoms with Crippen LogP contribution in [0, 0.1) is 0 Å². The average molecular weight is 300 g/mol. The van der Waals surface area contributed by atoms with Crippen LogP contribution in [0.25, 0.3) is 0 Å². The first-order valence-electron chi connectivity index (χ1n) is 4.49. The second-order valence-electron chi connectivity index (χ2n) is 3.10. The molecule has 0 bridgehead atoms. The third kappa shape index (κ3) is 2.46. The molecule has 82 valence electrons. The van der Waals surface area contributed by atoms with Crippen LogP contribution < -0.4 is 10.5 Å². The van der Waals surface area contributed by atoms with Crippen LogP contribution in [-0.2, 0) is 0 Å². The summed E-state index contributed by atoms with van der Waals surface area (Å²) in [6.07, 6.45) is 3.16. The minimum Gasteiger partial charge on any atom is -0.454 e. The molecule has 5 heteroatoms. The number of ether oxygens (including phenoxy) is 1. The van der Waals surface area contributed by atoms with Gasteiger partial charge in [0.2, 0.25) is 0 Å². The minimum absolute atomic E-state index is 0.476. The summed E-state index contributed by atoms with van der Waals surface area (Å²) in [5, 5.41) is 0.661. The predicted molar refractivity (Wildman–Crippen MR) is 67.9 cm³/mol. The second kappa shape index (κ2) is 4.72. The van der Waals surface area contributed by atoms with E-state index in [1.165, 1.54) is 6.20 Å². The van der Waals surface area contributed by atoms with Gasteiger partial charge in [-0.15, -0.1) is 0 Å². The van der Waals surface area contributed by atoms with Crippen molar-refractivity contribution in [3.63, 3.8) is 0 Å². The van der Waals surface area contributed by atoms with E-state index in [9.17, 15) is 0 Å². The van der Waals surface area contributed by atoms with E-state index in [1.54, 1.807) is 30.5 Å². The quantitative estimate of drug-likeness (QED) is 0.915. The maximum absolute atomic E-state index is 5.78. The van der Waals surface area contributed by atoms with Crippen molar-refractivity contribution < 1.29 is 4.74 Å². The first-order chi connectivity index (χ1) is 7.66. The van der Waals surface area contributed by atoms with E-state index in [0.717, 1.165) is 0 Å². The highest BCUT2D eigenvalue weighted by Gasteiger charge is 2.07. The number of halogens is 2. The summed E-state index contributed by atoms with van der Waals surface area (Å²) < 4.78 is 6.33. The van der Waals surface area contributed by atoms with Crippen molar-refractivity contribution in [3.05, 3.63) is 46.2 Å². The molecule has 0 saturated heterocycles. The topological polar surface area (TPSA) is 48.1 Å². The van der Waals surface area contributed by atoms with Crippen LogP contribution in [0.2, 0.25) is 5.02 Å². The fourth-order valence-corrected chi connectivity index (χ4v) is 1.72. The van der Waals surface area contributed by atoms with Gasteiger partial charge in [-0.1, -0.05) is 11.6 Å². The standard InChI is InChI=1S/C11H8BrClN2O/c12-9-5-15-6-10(14)11(9)16-8-3-1-7(13)2-4-8/h1-6H,14H2. The van der Waals surface area contributed by atoms with Crippen LogP contribution in [0.15, 0.2) is 41.1 Å². The van der Waals surface area contributed by atoms with E-state index in [2.05, 4.69) is 20.9 Å². The normalized spacial score (nSPS) is 10.1. The Morgan fingerprint density at radius 3 is 2.50 bits per heavy atom. The molecule has 2 N–H and O–H groups in total. The van der Waals surface area contributed by atoms with Crippen molar-refractivity contribution in [2.24, 2.45) is 0 Å². The number of hydrogen-bond donors (Lipinski definition) is 1. The molecule has 0 aliphatic carbocycles. The Hall–Kier alpha value is -1.26. The third-order valence-corrected chi connectivity index (χ3v) is 2.73. The van der Waals surface area contributed by atoms with Crippen LogP contribution in [-0.4, -0.2) is 4.98 Å². The van der Waals surface area contributed by atoms with Gasteiger partial charge in [0.15, 0.2) is 5.75 Å². The third-order valence-electron chi connectivity index (χ3n) is 1.91. The van der Waals surface area contributed by atoms with E-state index in [1.807, 2.05) is 0 Å². The van der Waals surface area contributed by atoms with Gasteiger partial charge in [0, 0.05) is 11.2 Å². The Morgan fingerprint density at radius 1 is 1.19 bits per heavy atom. The molecule has 3 nitrogen and oxygen atoms in total. The van der Waals surface area contributed by atoms with Gasteiger partial charge in [0.1, 0.15) is 5.75 Å². The van der Waals surface area contributed by atoms with Crippen molar-refractivity contribution in [2.45, 2.75) is 0 Å². The number of nitrogen functional groups attached to an aromatic ring is 1. The Labute approximate surface area is 106 Å². The lowest BCUT2D eigenvalue weighted by atomic mass is 10.3. The molecule has 1 aromatic carbocycles. The molecule has 16 heavy (non-hydrogen) atoms. The summed E-state index contributed by atoms with van der Waals surface area (Å²) in [6, 6.07) is 7.05. The highest BCUT2D eigenvalue weighted by atomic mass is 79.9. The Bertz CT molecular complexity index is 482. The van der Waals surface area contributed by atoms with Crippen LogP contribution in [0.5, 0.6) is 11.5 Å². The Balaban J connectivity index is 2.30. The maximum Gasteiger partial charge on any atom is 0.167 e. The number of hydrogen-bond acceptors (Lipinski definition) is 3. The summed E-state index contributed by atoms with van der Waals surface area (Å²) in [5.74, 6) is 1.22. The summed E-state index contributed by atoms with van der Waals surface area (Å²) >= 11 is 9.10. The molecule has 0 radical (unpaired) electrons. The van der Waals surface area contributed by atoms with Gasteiger partial charge < -0.3 is 10.5 Å². The first-order valence-corrected chi connectivity index (χ1v) is 5.66. The SMILES string of the molecule is Nc1cncc(Br)c1Oc1ccc(Cl)cc1. The highest BCUT2D eigenvalue weighted by Crippen LogP contribution is 2.34. The second-order valence-corrected chi connectivity index (χ2v) is 4.39. The molecule has 0 amide bonds. The molecule has 2 aromatic rings. The van der Waals surface area contributed by atoms with Gasteiger partial charge in [-0.05, 0) is 40.2 Å². The number of aromatic nitrogens is 1. The zero-order valence-electron chi connectivity index (χ0n) is 8.15. The van der Waals surface area contributed by atoms with Crippen molar-refractivity contribution >= 4 is 33.2 Å². The van der Waals surface area contributed by atoms with Crippen molar-refractivity contribution in [1.82, 2.24) is 4.98 Å². The van der Waals surface area contributed by atoms with Crippen LogP contribution in [0.3, 0.4) is 0 Å². The molecular weight excluding hydrogens is 291 g/mol. The molecule has 0 fully saturated rings. The smallest absolute Gasteiger partial charge is 0.167 e. The lowest BCUT2D eigenvalue weighted by Gasteiger charge is -2.09. The molecule has 1 heterocycles. The average Bonchev–Trinajstić information content (AvgIpc) is 2.26. The number of rotatable bonds is 2. The molecule has 0 atom stereocenters. The van der Waals surface area contributed by atoms with E-state index in [0.29, 0.717) is 26.7 Å². The summed E-state index contributed by atoms with van der Waals surface area (Å²) in [4.78, 5) is 3.93. The molecular formula is C11H8BrClN2O. The molecule has 0 aliphatic rings. The van der Waals surface area contributed by atoms with Gasteiger partial charge in [-0.3, -0.25) is 4.98 Å². The molecule has 2 rings (SSSR count). The maximum atomic E-state index is 5.78. The van der Waals surface area contributed by atoms with Gasteiger partial charge in [-0.2, -0.15) is 0 Å². The largest absolute Gasteiger partial charge is 0.454 e. The molecule has 0 spiro atoms. The zero-order valence-corrected chi connectivity index (χ0v) is 10.5. The molecule has 0 aliphatic heterocycles. The van der Waals surface area contributed by atoms with E-state index in [4.69, 9.17) is 22.1 Å². The molecule has 1 aromatic heterocycles. The fraction of sp³-hybridized carbons (Fsp3) is 0. The first kappa shape index (κ1) is 11.2. The van der Waals surface area contributed by atoms with E-state index >= 15 is 0 Å². The summed E-state index contributed by atoms with van der Waals surface area (Å²) in [5.41, 5.74) is 6.23. The lowest BCUT2D eigenvalue weighted by molar-refractivity contribution is 0.481. The van der Waals surface area contributed by atoms with Gasteiger partial charge in [-0.25, -0.2) is 0 Å². The highest BCUT2D eigenvalue weighted by molar-refractivity contribution is 9.10. The Kier molecular flexibility index (Phi) is 3.31. The van der Waals surface area contributed by atoms with E-state index < -0.39 is 0 Å². The lowest BCUT2D eigenvalue weighted by Crippen LogP contribution is -1.94. The van der Waals surface area contributed by atoms with Gasteiger partial charge in [0.25, 0.3) is 0 Å². The number of anilines is 1. The number of nitrogens with two attached hydrogens (primary N) is 1. The number of pyridine rings is 1. The predicted octanol–water partition coefficient (Wildman–Crippen LogP) is 3.87. The Morgan fingerprint density at radius 2 is 1.88 bits per heavy atom. The summed E-state index contributed by atoms with van der Waals surface area (Å²) in [7, 11) is 0. The monoisotopic (exact) mass is 298 g/mol. The van der Waals surface area contributed by atoms with Crippen molar-refractivity contribution in [2.75, 3.05) is 5.73 Å². The van der Waals surface area contributed by atoms with Crippen molar-refractivity contribution in [3.8, 4) is 11.5 Å². The molecule has 0 saturated carbocycles. The summed E-state index contributed by atoms with van der Waals surface area (Å²) in [6.45, 7) is 0. The minimum atomic E-state index is 0.476. The van der Waals surface area contributed by atoms with Crippen LogP contribution in [0.1, 0.15) is 0 Å². The van der Waals surface area contributed by atoms with Crippen LogP contribution >= 0.6 is 27.5 Å². The zero-order chi connectivity index (χ0) is 11.5. The van der Waals surface area contributed by atoms with Crippen LogP contribution in [0.4, 0.5) is 5.69 Å².